The Labute approximate surface area is 262 Å². The number of carbonyl (C=O) groups is 2. The van der Waals surface area contributed by atoms with Gasteiger partial charge in [0.1, 0.15) is 0 Å². The van der Waals surface area contributed by atoms with E-state index in [9.17, 15) is 9.59 Å². The number of ether oxygens (including phenoxy) is 2. The normalized spacial score (nSPS) is 12.3. The van der Waals surface area contributed by atoms with Crippen molar-refractivity contribution in [2.45, 2.75) is 67.2 Å². The third-order valence-electron chi connectivity index (χ3n) is 7.69. The Morgan fingerprint density at radius 3 is 1.58 bits per heavy atom. The van der Waals surface area contributed by atoms with Gasteiger partial charge in [-0.1, -0.05) is 40.5 Å². The summed E-state index contributed by atoms with van der Waals surface area (Å²) in [4.78, 5) is 44.3. The zero-order valence-corrected chi connectivity index (χ0v) is 26.4. The third kappa shape index (κ3) is 6.99. The second-order valence-electron chi connectivity index (χ2n) is 10.7. The van der Waals surface area contributed by atoms with E-state index in [1.165, 1.54) is 0 Å². The Balaban J connectivity index is 0.00000423. The number of esters is 2. The Bertz CT molecular complexity index is 1800. The van der Waals surface area contributed by atoms with E-state index in [4.69, 9.17) is 29.4 Å². The average Bonchev–Trinajstić information content (AvgIpc) is 3.63. The van der Waals surface area contributed by atoms with Crippen molar-refractivity contribution in [2.75, 3.05) is 13.2 Å². The maximum atomic E-state index is 12.3. The summed E-state index contributed by atoms with van der Waals surface area (Å²) in [5.41, 5.74) is 12.4. The number of hydrogen-bond acceptors (Lipinski definition) is 6. The summed E-state index contributed by atoms with van der Waals surface area (Å²) in [6, 6.07) is 7.96. The van der Waals surface area contributed by atoms with E-state index in [-0.39, 0.29) is 41.3 Å². The fraction of sp³-hybridized carbons (Fsp3) is 0.353. The average molecular weight is 623 g/mol. The van der Waals surface area contributed by atoms with Gasteiger partial charge in [-0.3, -0.25) is 9.59 Å². The van der Waals surface area contributed by atoms with Gasteiger partial charge in [0.25, 0.3) is 0 Å². The number of allylic oxidation sites excluding steroid dienone is 2. The Hall–Kier alpha value is -3.97. The molecule has 226 valence electrons. The van der Waals surface area contributed by atoms with Crippen LogP contribution in [0.3, 0.4) is 0 Å². The van der Waals surface area contributed by atoms with Gasteiger partial charge in [-0.05, 0) is 83.7 Å². The van der Waals surface area contributed by atoms with Crippen molar-refractivity contribution in [2.24, 2.45) is 0 Å². The second-order valence-corrected chi connectivity index (χ2v) is 10.7. The molecule has 0 saturated carbocycles. The van der Waals surface area contributed by atoms with Gasteiger partial charge in [0.05, 0.1) is 36.0 Å². The number of hydrogen-bond donors (Lipinski definition) is 0. The largest absolute Gasteiger partial charge is 2.00 e. The van der Waals surface area contributed by atoms with Gasteiger partial charge in [-0.2, -0.15) is 0 Å². The summed E-state index contributed by atoms with van der Waals surface area (Å²) in [6.45, 7) is 12.4. The van der Waals surface area contributed by atoms with Crippen molar-refractivity contribution in [3.8, 4) is 0 Å². The van der Waals surface area contributed by atoms with E-state index in [1.54, 1.807) is 13.8 Å². The molecule has 2 aliphatic rings. The van der Waals surface area contributed by atoms with Crippen molar-refractivity contribution in [3.63, 3.8) is 0 Å². The molecule has 0 spiro atoms. The first-order valence-corrected chi connectivity index (χ1v) is 14.5. The number of aromatic nitrogens is 4. The number of fused-ring (bicyclic) bond motifs is 8. The Morgan fingerprint density at radius 1 is 0.651 bits per heavy atom. The fourth-order valence-electron chi connectivity index (χ4n) is 5.42. The van der Waals surface area contributed by atoms with E-state index in [0.717, 1.165) is 78.2 Å². The van der Waals surface area contributed by atoms with Crippen LogP contribution in [0.2, 0.25) is 0 Å². The monoisotopic (exact) mass is 622 g/mol. The number of nitrogens with zero attached hydrogens (tertiary/aromatic N) is 4. The summed E-state index contributed by atoms with van der Waals surface area (Å²) >= 11 is 0. The van der Waals surface area contributed by atoms with E-state index >= 15 is 0 Å². The molecular formula is C34H36N4NiO4. The minimum Gasteiger partial charge on any atom is -0.657 e. The van der Waals surface area contributed by atoms with Crippen LogP contribution < -0.4 is 9.97 Å². The molecule has 9 heteroatoms. The summed E-state index contributed by atoms with van der Waals surface area (Å²) in [7, 11) is 0. The van der Waals surface area contributed by atoms with Gasteiger partial charge in [-0.15, -0.1) is 22.1 Å². The van der Waals surface area contributed by atoms with E-state index in [2.05, 4.69) is 6.08 Å². The molecule has 43 heavy (non-hydrogen) atoms. The topological polar surface area (TPSA) is 107 Å². The molecule has 0 fully saturated rings. The Morgan fingerprint density at radius 2 is 1.09 bits per heavy atom. The molecule has 8 nitrogen and oxygen atoms in total. The van der Waals surface area contributed by atoms with Gasteiger partial charge in [0.15, 0.2) is 0 Å². The minimum absolute atomic E-state index is 0. The van der Waals surface area contributed by atoms with Crippen LogP contribution in [0.5, 0.6) is 0 Å². The van der Waals surface area contributed by atoms with Crippen molar-refractivity contribution in [3.05, 3.63) is 69.3 Å². The molecule has 8 bridgehead atoms. The summed E-state index contributed by atoms with van der Waals surface area (Å²) in [5.74, 6) is -0.486. The molecule has 0 saturated heterocycles. The van der Waals surface area contributed by atoms with Crippen molar-refractivity contribution in [1.29, 1.82) is 0 Å². The molecule has 0 N–H and O–H groups in total. The SMILES string of the molecule is CCOC(=O)CCc1c(C)c2cc3nc(cc4nc(cc5[n-]c(cc1[n-]2)c(CCC(=O)OCC)c5C)C(C)=C4)C(C)=C3.[Ni+2]. The van der Waals surface area contributed by atoms with E-state index in [0.29, 0.717) is 26.1 Å². The zero-order chi connectivity index (χ0) is 30.0. The molecule has 0 radical (unpaired) electrons. The van der Waals surface area contributed by atoms with Gasteiger partial charge in [0, 0.05) is 12.8 Å². The molecule has 3 aromatic heterocycles. The summed E-state index contributed by atoms with van der Waals surface area (Å²) < 4.78 is 10.4. The van der Waals surface area contributed by atoms with E-state index in [1.807, 2.05) is 58.0 Å². The van der Waals surface area contributed by atoms with Gasteiger partial charge in [0.2, 0.25) is 0 Å². The van der Waals surface area contributed by atoms with Crippen molar-refractivity contribution >= 4 is 57.3 Å². The first-order chi connectivity index (χ1) is 20.2. The van der Waals surface area contributed by atoms with Gasteiger partial charge in [-0.25, -0.2) is 9.97 Å². The van der Waals surface area contributed by atoms with Gasteiger partial charge >= 0.3 is 28.4 Å². The second kappa shape index (κ2) is 13.6. The smallest absolute Gasteiger partial charge is 0.657 e. The predicted octanol–water partition coefficient (Wildman–Crippen LogP) is 6.30. The first-order valence-electron chi connectivity index (χ1n) is 14.5. The predicted molar refractivity (Wildman–Crippen MR) is 165 cm³/mol. The molecule has 5 rings (SSSR count). The maximum absolute atomic E-state index is 12.3. The third-order valence-corrected chi connectivity index (χ3v) is 7.69. The van der Waals surface area contributed by atoms with Crippen LogP contribution in [-0.2, 0) is 48.4 Å². The Kier molecular flexibility index (Phi) is 10.1. The number of aryl methyl sites for hydroxylation is 4. The van der Waals surface area contributed by atoms with Crippen LogP contribution >= 0.6 is 0 Å². The molecule has 0 amide bonds. The molecule has 0 aliphatic carbocycles. The minimum atomic E-state index is -0.243. The molecule has 0 atom stereocenters. The van der Waals surface area contributed by atoms with Crippen LogP contribution in [0.4, 0.5) is 0 Å². The maximum Gasteiger partial charge on any atom is 2.00 e. The van der Waals surface area contributed by atoms with Gasteiger partial charge < -0.3 is 19.4 Å². The van der Waals surface area contributed by atoms with Crippen LogP contribution in [0.15, 0.2) is 24.3 Å². The van der Waals surface area contributed by atoms with E-state index < -0.39 is 0 Å². The van der Waals surface area contributed by atoms with Crippen molar-refractivity contribution < 1.29 is 35.6 Å². The zero-order valence-electron chi connectivity index (χ0n) is 25.4. The molecule has 0 aromatic carbocycles. The van der Waals surface area contributed by atoms with Crippen LogP contribution in [0, 0.1) is 13.8 Å². The summed E-state index contributed by atoms with van der Waals surface area (Å²) in [5, 5.41) is 0. The van der Waals surface area contributed by atoms with Crippen LogP contribution in [-0.4, -0.2) is 35.1 Å². The molecular weight excluding hydrogens is 587 g/mol. The molecule has 5 heterocycles. The molecule has 3 aromatic rings. The molecule has 2 aliphatic heterocycles. The standard InChI is InChI=1S/C34H36N4O4.Ni/c1-7-41-33(39)11-9-25-21(5)29-16-24-13-19(3)27(35-24)15-23-14-20(4)28(36-23)17-30-22(6)26(10-12-34(40)42-8-2)32(38-30)18-31(25)37-29;/h13-18H,7-12H2,1-6H3;/q-2;+2. The number of carbonyl (C=O) groups excluding carboxylic acids is 2. The number of rotatable bonds is 8. The molecule has 0 unspecified atom stereocenters. The quantitative estimate of drug-likeness (QED) is 0.213. The van der Waals surface area contributed by atoms with Crippen molar-refractivity contribution in [1.82, 2.24) is 19.9 Å². The fourth-order valence-corrected chi connectivity index (χ4v) is 5.42. The van der Waals surface area contributed by atoms with Crippen LogP contribution in [0.25, 0.3) is 45.4 Å². The first kappa shape index (κ1) is 32.0. The summed E-state index contributed by atoms with van der Waals surface area (Å²) in [6.07, 6.45) is 5.57. The van der Waals surface area contributed by atoms with Crippen LogP contribution in [0.1, 0.15) is 85.6 Å².